The third-order valence-corrected chi connectivity index (χ3v) is 2.71. The molecule has 0 spiro atoms. The summed E-state index contributed by atoms with van der Waals surface area (Å²) in [6.07, 6.45) is 1.50. The highest BCUT2D eigenvalue weighted by molar-refractivity contribution is 6.08. The summed E-state index contributed by atoms with van der Waals surface area (Å²) in [7, 11) is 3.08. The summed E-state index contributed by atoms with van der Waals surface area (Å²) in [4.78, 5) is 12.2. The highest BCUT2D eigenvalue weighted by Gasteiger charge is 2.17. The normalized spacial score (nSPS) is 10.2. The Morgan fingerprint density at radius 3 is 2.39 bits per heavy atom. The van der Waals surface area contributed by atoms with Crippen molar-refractivity contribution >= 4 is 5.78 Å². The van der Waals surface area contributed by atoms with Gasteiger partial charge in [0.05, 0.1) is 20.5 Å². The Hall–Kier alpha value is -2.23. The van der Waals surface area contributed by atoms with Gasteiger partial charge in [-0.3, -0.25) is 4.79 Å². The van der Waals surface area contributed by atoms with Crippen molar-refractivity contribution in [3.05, 3.63) is 47.4 Å². The number of benzene rings is 1. The van der Waals surface area contributed by atoms with Gasteiger partial charge in [0.2, 0.25) is 5.78 Å². The Morgan fingerprint density at radius 1 is 1.11 bits per heavy atom. The summed E-state index contributed by atoms with van der Waals surface area (Å²) in [5.41, 5.74) is 1.32. The van der Waals surface area contributed by atoms with Gasteiger partial charge >= 0.3 is 0 Å². The number of methoxy groups -OCH3 is 2. The first-order valence-corrected chi connectivity index (χ1v) is 5.48. The summed E-state index contributed by atoms with van der Waals surface area (Å²) in [6.45, 7) is 1.83. The molecule has 1 heterocycles. The second kappa shape index (κ2) is 4.96. The maximum absolute atomic E-state index is 12.2. The predicted molar refractivity (Wildman–Crippen MR) is 66.4 cm³/mol. The van der Waals surface area contributed by atoms with Gasteiger partial charge in [0, 0.05) is 5.56 Å². The van der Waals surface area contributed by atoms with Crippen molar-refractivity contribution in [2.45, 2.75) is 6.92 Å². The van der Waals surface area contributed by atoms with E-state index < -0.39 is 0 Å². The standard InChI is InChI=1S/C14H14O4/c1-9-6-7-18-14(9)13(15)10-4-5-11(16-2)12(8-10)17-3/h4-8H,1-3H3. The molecule has 0 saturated carbocycles. The predicted octanol–water partition coefficient (Wildman–Crippen LogP) is 2.84. The van der Waals surface area contributed by atoms with E-state index in [0.717, 1.165) is 5.56 Å². The minimum absolute atomic E-state index is 0.168. The number of carbonyl (C=O) groups is 1. The molecule has 0 aliphatic carbocycles. The molecule has 4 heteroatoms. The fourth-order valence-corrected chi connectivity index (χ4v) is 1.71. The molecule has 4 nitrogen and oxygen atoms in total. The van der Waals surface area contributed by atoms with E-state index in [2.05, 4.69) is 0 Å². The fraction of sp³-hybridized carbons (Fsp3) is 0.214. The van der Waals surface area contributed by atoms with Crippen LogP contribution in [-0.4, -0.2) is 20.0 Å². The smallest absolute Gasteiger partial charge is 0.228 e. The van der Waals surface area contributed by atoms with Crippen molar-refractivity contribution in [2.75, 3.05) is 14.2 Å². The van der Waals surface area contributed by atoms with Crippen LogP contribution in [-0.2, 0) is 0 Å². The second-order valence-electron chi connectivity index (χ2n) is 3.83. The van der Waals surface area contributed by atoms with Gasteiger partial charge in [-0.25, -0.2) is 0 Å². The Balaban J connectivity index is 2.40. The highest BCUT2D eigenvalue weighted by Crippen LogP contribution is 2.28. The first kappa shape index (κ1) is 12.2. The zero-order valence-corrected chi connectivity index (χ0v) is 10.5. The zero-order valence-electron chi connectivity index (χ0n) is 10.5. The minimum atomic E-state index is -0.168. The Labute approximate surface area is 105 Å². The molecule has 2 rings (SSSR count). The summed E-state index contributed by atoms with van der Waals surface area (Å²) in [5.74, 6) is 1.29. The van der Waals surface area contributed by atoms with E-state index in [1.807, 2.05) is 6.92 Å². The van der Waals surface area contributed by atoms with Gasteiger partial charge in [-0.05, 0) is 36.8 Å². The maximum atomic E-state index is 12.2. The summed E-state index contributed by atoms with van der Waals surface area (Å²) < 4.78 is 15.5. The lowest BCUT2D eigenvalue weighted by Gasteiger charge is -2.08. The number of ketones is 1. The molecule has 0 amide bonds. The van der Waals surface area contributed by atoms with Crippen molar-refractivity contribution in [3.63, 3.8) is 0 Å². The molecule has 0 fully saturated rings. The fourth-order valence-electron chi connectivity index (χ4n) is 1.71. The molecule has 1 aromatic heterocycles. The van der Waals surface area contributed by atoms with E-state index in [4.69, 9.17) is 13.9 Å². The molecular weight excluding hydrogens is 232 g/mol. The lowest BCUT2D eigenvalue weighted by Crippen LogP contribution is -2.02. The van der Waals surface area contributed by atoms with Gasteiger partial charge < -0.3 is 13.9 Å². The molecule has 0 bridgehead atoms. The van der Waals surface area contributed by atoms with Crippen LogP contribution < -0.4 is 9.47 Å². The van der Waals surface area contributed by atoms with Crippen LogP contribution in [0.3, 0.4) is 0 Å². The van der Waals surface area contributed by atoms with Crippen LogP contribution in [0.2, 0.25) is 0 Å². The van der Waals surface area contributed by atoms with E-state index in [1.54, 1.807) is 31.4 Å². The van der Waals surface area contributed by atoms with Gasteiger partial charge in [-0.1, -0.05) is 0 Å². The SMILES string of the molecule is COc1ccc(C(=O)c2occc2C)cc1OC. The van der Waals surface area contributed by atoms with Crippen LogP contribution in [0.25, 0.3) is 0 Å². The number of furan rings is 1. The Morgan fingerprint density at radius 2 is 1.83 bits per heavy atom. The lowest BCUT2D eigenvalue weighted by atomic mass is 10.1. The average Bonchev–Trinajstić information content (AvgIpc) is 2.83. The molecule has 2 aromatic rings. The molecular formula is C14H14O4. The highest BCUT2D eigenvalue weighted by atomic mass is 16.5. The van der Waals surface area contributed by atoms with E-state index in [0.29, 0.717) is 22.8 Å². The van der Waals surface area contributed by atoms with Crippen LogP contribution in [0.15, 0.2) is 34.9 Å². The molecule has 0 radical (unpaired) electrons. The third kappa shape index (κ3) is 2.09. The second-order valence-corrected chi connectivity index (χ2v) is 3.83. The van der Waals surface area contributed by atoms with Crippen molar-refractivity contribution in [2.24, 2.45) is 0 Å². The molecule has 0 atom stereocenters. The first-order valence-electron chi connectivity index (χ1n) is 5.48. The zero-order chi connectivity index (χ0) is 13.1. The third-order valence-electron chi connectivity index (χ3n) is 2.71. The first-order chi connectivity index (χ1) is 8.67. The topological polar surface area (TPSA) is 48.7 Å². The number of carbonyl (C=O) groups excluding carboxylic acids is 1. The average molecular weight is 246 g/mol. The molecule has 18 heavy (non-hydrogen) atoms. The van der Waals surface area contributed by atoms with Crippen molar-refractivity contribution < 1.29 is 18.7 Å². The van der Waals surface area contributed by atoms with Crippen molar-refractivity contribution in [3.8, 4) is 11.5 Å². The minimum Gasteiger partial charge on any atom is -0.493 e. The molecule has 0 aliphatic heterocycles. The summed E-state index contributed by atoms with van der Waals surface area (Å²) in [6, 6.07) is 6.78. The maximum Gasteiger partial charge on any atom is 0.228 e. The van der Waals surface area contributed by atoms with Crippen LogP contribution in [0.5, 0.6) is 11.5 Å². The van der Waals surface area contributed by atoms with Crippen LogP contribution in [0.4, 0.5) is 0 Å². The number of hydrogen-bond donors (Lipinski definition) is 0. The van der Waals surface area contributed by atoms with E-state index in [1.165, 1.54) is 13.4 Å². The van der Waals surface area contributed by atoms with Crippen molar-refractivity contribution in [1.82, 2.24) is 0 Å². The van der Waals surface area contributed by atoms with E-state index in [-0.39, 0.29) is 5.78 Å². The van der Waals surface area contributed by atoms with Gasteiger partial charge in [0.1, 0.15) is 0 Å². The number of aryl methyl sites for hydroxylation is 1. The Bertz CT molecular complexity index is 569. The molecule has 0 N–H and O–H groups in total. The monoisotopic (exact) mass is 246 g/mol. The quantitative estimate of drug-likeness (QED) is 0.778. The molecule has 94 valence electrons. The number of rotatable bonds is 4. The molecule has 0 aliphatic rings. The van der Waals surface area contributed by atoms with Crippen molar-refractivity contribution in [1.29, 1.82) is 0 Å². The van der Waals surface area contributed by atoms with Gasteiger partial charge in [0.15, 0.2) is 17.3 Å². The van der Waals surface area contributed by atoms with Crippen LogP contribution in [0, 0.1) is 6.92 Å². The van der Waals surface area contributed by atoms with Gasteiger partial charge in [-0.15, -0.1) is 0 Å². The Kier molecular flexibility index (Phi) is 3.37. The molecule has 0 saturated heterocycles. The molecule has 0 unspecified atom stereocenters. The van der Waals surface area contributed by atoms with E-state index >= 15 is 0 Å². The molecule has 1 aromatic carbocycles. The largest absolute Gasteiger partial charge is 0.493 e. The van der Waals surface area contributed by atoms with Gasteiger partial charge in [-0.2, -0.15) is 0 Å². The summed E-state index contributed by atoms with van der Waals surface area (Å²) in [5, 5.41) is 0. The number of ether oxygens (including phenoxy) is 2. The number of hydrogen-bond acceptors (Lipinski definition) is 4. The summed E-state index contributed by atoms with van der Waals surface area (Å²) >= 11 is 0. The van der Waals surface area contributed by atoms with Crippen LogP contribution >= 0.6 is 0 Å². The van der Waals surface area contributed by atoms with Gasteiger partial charge in [0.25, 0.3) is 0 Å². The van der Waals surface area contributed by atoms with Crippen LogP contribution in [0.1, 0.15) is 21.7 Å². The lowest BCUT2D eigenvalue weighted by molar-refractivity contribution is 0.101. The van der Waals surface area contributed by atoms with E-state index in [9.17, 15) is 4.79 Å².